The zero-order valence-electron chi connectivity index (χ0n) is 22.8. The highest BCUT2D eigenvalue weighted by molar-refractivity contribution is 7.86. The highest BCUT2D eigenvalue weighted by Crippen LogP contribution is 2.40. The van der Waals surface area contributed by atoms with Crippen LogP contribution in [0.3, 0.4) is 0 Å². The quantitative estimate of drug-likeness (QED) is 0.133. The fourth-order valence-electron chi connectivity index (χ4n) is 3.51. The van der Waals surface area contributed by atoms with Gasteiger partial charge in [-0.05, 0) is 65.0 Å². The normalized spacial score (nSPS) is 17.5. The maximum absolute atomic E-state index is 12.6. The average molecular weight is 633 g/mol. The molecule has 2 rings (SSSR count). The first-order valence-corrected chi connectivity index (χ1v) is 15.7. The zero-order valence-corrected chi connectivity index (χ0v) is 25.8. The molecule has 2 atom stereocenters. The van der Waals surface area contributed by atoms with Gasteiger partial charge in [0.2, 0.25) is 3.79 Å². The predicted octanol–water partition coefficient (Wildman–Crippen LogP) is 6.06. The second-order valence-corrected chi connectivity index (χ2v) is 13.8. The van der Waals surface area contributed by atoms with Gasteiger partial charge >= 0.3 is 6.09 Å². The van der Waals surface area contributed by atoms with Crippen molar-refractivity contribution in [3.05, 3.63) is 29.8 Å². The highest BCUT2D eigenvalue weighted by Gasteiger charge is 2.44. The van der Waals surface area contributed by atoms with Crippen LogP contribution in [0.1, 0.15) is 64.4 Å². The second kappa shape index (κ2) is 16.6. The van der Waals surface area contributed by atoms with E-state index in [1.54, 1.807) is 12.1 Å². The van der Waals surface area contributed by atoms with Crippen LogP contribution >= 0.6 is 34.8 Å². The average Bonchev–Trinajstić information content (AvgIpc) is 2.86. The Bertz CT molecular complexity index is 964. The van der Waals surface area contributed by atoms with Crippen LogP contribution in [0.25, 0.3) is 0 Å². The summed E-state index contributed by atoms with van der Waals surface area (Å²) >= 11 is 17.4. The summed E-state index contributed by atoms with van der Waals surface area (Å²) < 4.78 is 51.3. The van der Waals surface area contributed by atoms with Crippen LogP contribution in [0.4, 0.5) is 4.79 Å². The van der Waals surface area contributed by atoms with Crippen molar-refractivity contribution in [3.63, 3.8) is 0 Å². The van der Waals surface area contributed by atoms with Gasteiger partial charge in [0.1, 0.15) is 6.10 Å². The maximum Gasteiger partial charge on any atom is 0.407 e. The van der Waals surface area contributed by atoms with Gasteiger partial charge in [-0.25, -0.2) is 4.79 Å². The van der Waals surface area contributed by atoms with Crippen LogP contribution < -0.4 is 5.32 Å². The summed E-state index contributed by atoms with van der Waals surface area (Å²) in [4.78, 5) is 12.0. The Morgan fingerprint density at radius 1 is 1.08 bits per heavy atom. The van der Waals surface area contributed by atoms with Gasteiger partial charge in [0, 0.05) is 19.8 Å². The van der Waals surface area contributed by atoms with Crippen LogP contribution in [-0.2, 0) is 33.2 Å². The number of carbonyl (C=O) groups excluding carboxylic acids is 1. The Kier molecular flexibility index (Phi) is 14.6. The first-order valence-electron chi connectivity index (χ1n) is 13.1. The molecule has 1 N–H and O–H groups in total. The van der Waals surface area contributed by atoms with Gasteiger partial charge in [0.15, 0.2) is 11.9 Å². The van der Waals surface area contributed by atoms with Crippen LogP contribution in [0.15, 0.2) is 29.2 Å². The van der Waals surface area contributed by atoms with Crippen LogP contribution in [0.2, 0.25) is 0 Å². The Balaban J connectivity index is 1.67. The number of carbonyl (C=O) groups is 1. The third kappa shape index (κ3) is 13.1. The molecule has 1 fully saturated rings. The molecule has 1 unspecified atom stereocenters. The molecule has 1 aromatic carbocycles. The third-order valence-electron chi connectivity index (χ3n) is 6.02. The molecule has 0 saturated carbocycles. The molecule has 1 amide bonds. The van der Waals surface area contributed by atoms with E-state index in [9.17, 15) is 13.2 Å². The molecule has 1 aromatic rings. The van der Waals surface area contributed by atoms with E-state index in [1.807, 2.05) is 6.92 Å². The van der Waals surface area contributed by atoms with Gasteiger partial charge in [-0.1, -0.05) is 65.3 Å². The van der Waals surface area contributed by atoms with E-state index < -0.39 is 38.0 Å². The van der Waals surface area contributed by atoms with Crippen molar-refractivity contribution in [2.75, 3.05) is 33.0 Å². The number of alkyl carbamates (subject to hydrolysis) is 1. The number of nitrogens with one attached hydrogen (secondary N) is 1. The van der Waals surface area contributed by atoms with Crippen molar-refractivity contribution in [3.8, 4) is 0 Å². The minimum atomic E-state index is -3.92. The number of alkyl halides is 3. The molecule has 1 aliphatic rings. The smallest absolute Gasteiger partial charge is 0.407 e. The van der Waals surface area contributed by atoms with Crippen molar-refractivity contribution in [2.24, 2.45) is 0 Å². The topological polar surface area (TPSA) is 109 Å². The van der Waals surface area contributed by atoms with Gasteiger partial charge in [0.05, 0.1) is 18.1 Å². The standard InChI is InChI=1S/C26H40Cl3NO8S/c1-20-11-13-22(14-12-20)39(32,33)36-19-21(37-23-10-6-9-17-35-23)18-34-16-8-5-4-7-15-30-24(31)38-25(2,3)26(27,28)29/h11-14,21,23H,4-10,15-19H2,1-3H3,(H,30,31)/t21-,23?/m1/s1. The second-order valence-electron chi connectivity index (χ2n) is 9.92. The summed E-state index contributed by atoms with van der Waals surface area (Å²) in [7, 11) is -3.92. The van der Waals surface area contributed by atoms with Crippen molar-refractivity contribution >= 4 is 51.0 Å². The maximum atomic E-state index is 12.6. The molecular weight excluding hydrogens is 593 g/mol. The number of amides is 1. The molecule has 0 bridgehead atoms. The molecule has 0 spiro atoms. The Morgan fingerprint density at radius 2 is 1.77 bits per heavy atom. The fraction of sp³-hybridized carbons (Fsp3) is 0.731. The lowest BCUT2D eigenvalue weighted by Crippen LogP contribution is -2.44. The van der Waals surface area contributed by atoms with Gasteiger partial charge in [-0.2, -0.15) is 8.42 Å². The van der Waals surface area contributed by atoms with E-state index in [0.717, 1.165) is 50.5 Å². The van der Waals surface area contributed by atoms with Gasteiger partial charge in [0.25, 0.3) is 10.1 Å². The number of ether oxygens (including phenoxy) is 4. The monoisotopic (exact) mass is 631 g/mol. The van der Waals surface area contributed by atoms with Crippen molar-refractivity contribution in [2.45, 2.75) is 92.4 Å². The fourth-order valence-corrected chi connectivity index (χ4v) is 4.56. The number of rotatable bonds is 16. The first kappa shape index (κ1) is 34.4. The molecule has 224 valence electrons. The number of halogens is 3. The predicted molar refractivity (Wildman–Crippen MR) is 151 cm³/mol. The minimum absolute atomic E-state index is 0.0957. The van der Waals surface area contributed by atoms with Gasteiger partial charge < -0.3 is 24.3 Å². The number of benzene rings is 1. The van der Waals surface area contributed by atoms with Gasteiger partial charge in [-0.15, -0.1) is 0 Å². The van der Waals surface area contributed by atoms with E-state index >= 15 is 0 Å². The van der Waals surface area contributed by atoms with E-state index in [2.05, 4.69) is 5.32 Å². The summed E-state index contributed by atoms with van der Waals surface area (Å²) in [5.41, 5.74) is -0.308. The molecule has 0 radical (unpaired) electrons. The molecular formula is C26H40Cl3NO8S. The molecule has 39 heavy (non-hydrogen) atoms. The number of hydrogen-bond donors (Lipinski definition) is 1. The zero-order chi connectivity index (χ0) is 28.9. The number of hydrogen-bond acceptors (Lipinski definition) is 8. The first-order chi connectivity index (χ1) is 18.3. The van der Waals surface area contributed by atoms with E-state index in [0.29, 0.717) is 19.8 Å². The number of unbranched alkanes of at least 4 members (excludes halogenated alkanes) is 3. The molecule has 1 heterocycles. The summed E-state index contributed by atoms with van der Waals surface area (Å²) in [6, 6.07) is 6.48. The number of aryl methyl sites for hydroxylation is 1. The van der Waals surface area contributed by atoms with Crippen LogP contribution in [0, 0.1) is 6.92 Å². The van der Waals surface area contributed by atoms with Gasteiger partial charge in [-0.3, -0.25) is 4.18 Å². The summed E-state index contributed by atoms with van der Waals surface area (Å²) in [6.07, 6.45) is 4.34. The van der Waals surface area contributed by atoms with E-state index in [1.165, 1.54) is 26.0 Å². The molecule has 9 nitrogen and oxygen atoms in total. The van der Waals surface area contributed by atoms with E-state index in [4.69, 9.17) is 57.9 Å². The van der Waals surface area contributed by atoms with Crippen LogP contribution in [-0.4, -0.2) is 69.3 Å². The van der Waals surface area contributed by atoms with Crippen molar-refractivity contribution in [1.82, 2.24) is 5.32 Å². The minimum Gasteiger partial charge on any atom is -0.439 e. The molecule has 0 aliphatic carbocycles. The Hall–Kier alpha value is -0.850. The summed E-state index contributed by atoms with van der Waals surface area (Å²) in [5, 5.41) is 2.65. The largest absolute Gasteiger partial charge is 0.439 e. The Morgan fingerprint density at radius 3 is 2.41 bits per heavy atom. The lowest BCUT2D eigenvalue weighted by Gasteiger charge is -2.31. The summed E-state index contributed by atoms with van der Waals surface area (Å²) in [5.74, 6) is 0. The third-order valence-corrected chi connectivity index (χ3v) is 8.68. The lowest BCUT2D eigenvalue weighted by atomic mass is 10.2. The Labute approximate surface area is 247 Å². The molecule has 1 aliphatic heterocycles. The highest BCUT2D eigenvalue weighted by atomic mass is 35.6. The molecule has 1 saturated heterocycles. The molecule has 13 heteroatoms. The summed E-state index contributed by atoms with van der Waals surface area (Å²) in [6.45, 7) is 6.44. The lowest BCUT2D eigenvalue weighted by molar-refractivity contribution is -0.202. The van der Waals surface area contributed by atoms with Crippen LogP contribution in [0.5, 0.6) is 0 Å². The van der Waals surface area contributed by atoms with E-state index in [-0.39, 0.29) is 18.1 Å². The van der Waals surface area contributed by atoms with Crippen molar-refractivity contribution in [1.29, 1.82) is 0 Å². The van der Waals surface area contributed by atoms with Crippen molar-refractivity contribution < 1.29 is 36.3 Å². The molecule has 0 aromatic heterocycles. The SMILES string of the molecule is Cc1ccc(S(=O)(=O)OC[C@@H](COCCCCCCNC(=O)OC(C)(C)C(Cl)(Cl)Cl)OC2CCCCO2)cc1.